The maximum Gasteiger partial charge on any atom is 0.315 e. The molecule has 0 radical (unpaired) electrons. The maximum absolute atomic E-state index is 12.4. The summed E-state index contributed by atoms with van der Waals surface area (Å²) in [5, 5.41) is 5.57. The van der Waals surface area contributed by atoms with Crippen molar-refractivity contribution >= 4 is 27.4 Å². The van der Waals surface area contributed by atoms with E-state index in [0.29, 0.717) is 29.8 Å². The van der Waals surface area contributed by atoms with Crippen molar-refractivity contribution in [2.24, 2.45) is 5.92 Å². The zero-order valence-electron chi connectivity index (χ0n) is 13.0. The number of hydrogen-bond donors (Lipinski definition) is 2. The minimum atomic E-state index is -3.41. The summed E-state index contributed by atoms with van der Waals surface area (Å²) in [6.07, 6.45) is 2.38. The molecule has 0 aromatic carbocycles. The minimum Gasteiger partial charge on any atom is -0.338 e. The molecule has 1 fully saturated rings. The average Bonchev–Trinajstić information content (AvgIpc) is 3.19. The lowest BCUT2D eigenvalue weighted by Gasteiger charge is -2.16. The lowest BCUT2D eigenvalue weighted by Crippen LogP contribution is -2.35. The molecule has 0 spiro atoms. The summed E-state index contributed by atoms with van der Waals surface area (Å²) >= 11 is 1.21. The monoisotopic (exact) mass is 345 g/mol. The number of nitrogens with zero attached hydrogens (tertiary/aromatic N) is 1. The van der Waals surface area contributed by atoms with Crippen LogP contribution in [-0.4, -0.2) is 38.4 Å². The van der Waals surface area contributed by atoms with Gasteiger partial charge in [0.1, 0.15) is 4.21 Å². The summed E-state index contributed by atoms with van der Waals surface area (Å²) in [5.74, 6) is 0.637. The third kappa shape index (κ3) is 4.44. The van der Waals surface area contributed by atoms with Crippen LogP contribution in [0.25, 0.3) is 0 Å². The van der Waals surface area contributed by atoms with E-state index in [2.05, 4.69) is 10.6 Å². The Kier molecular flexibility index (Phi) is 5.82. The summed E-state index contributed by atoms with van der Waals surface area (Å²) in [4.78, 5) is 12.4. The van der Waals surface area contributed by atoms with Crippen LogP contribution in [0.1, 0.15) is 31.6 Å². The van der Waals surface area contributed by atoms with Gasteiger partial charge in [0.2, 0.25) is 0 Å². The van der Waals surface area contributed by atoms with E-state index in [1.165, 1.54) is 28.5 Å². The number of carbonyl (C=O) groups excluding carboxylic acids is 1. The molecule has 1 saturated carbocycles. The van der Waals surface area contributed by atoms with Gasteiger partial charge in [-0.1, -0.05) is 13.8 Å². The van der Waals surface area contributed by atoms with Gasteiger partial charge in [-0.25, -0.2) is 13.2 Å². The molecule has 0 unspecified atom stereocenters. The van der Waals surface area contributed by atoms with Crippen LogP contribution in [0.2, 0.25) is 0 Å². The van der Waals surface area contributed by atoms with Crippen molar-refractivity contribution in [1.82, 2.24) is 14.9 Å². The highest BCUT2D eigenvalue weighted by Crippen LogP contribution is 2.27. The molecular formula is C14H23N3O3S2. The standard InChI is InChI=1S/C14H23N3O3S2/c1-3-17(4-2)22(19,20)13-8-7-12(21-13)10-16-14(18)15-9-11-5-6-11/h7-8,11H,3-6,9-10H2,1-2H3,(H2,15,16,18). The molecule has 2 amide bonds. The predicted octanol–water partition coefficient (Wildman–Crippen LogP) is 1.99. The van der Waals surface area contributed by atoms with Crippen LogP contribution in [0.5, 0.6) is 0 Å². The van der Waals surface area contributed by atoms with E-state index in [4.69, 9.17) is 0 Å². The zero-order valence-corrected chi connectivity index (χ0v) is 14.6. The first-order valence-electron chi connectivity index (χ1n) is 7.58. The number of urea groups is 1. The molecule has 0 atom stereocenters. The fraction of sp³-hybridized carbons (Fsp3) is 0.643. The Hall–Kier alpha value is -1.12. The fourth-order valence-corrected chi connectivity index (χ4v) is 4.98. The quantitative estimate of drug-likeness (QED) is 0.756. The molecule has 1 aromatic heterocycles. The summed E-state index contributed by atoms with van der Waals surface area (Å²) in [5.41, 5.74) is 0. The van der Waals surface area contributed by atoms with Crippen molar-refractivity contribution in [3.05, 3.63) is 17.0 Å². The van der Waals surface area contributed by atoms with Crippen LogP contribution in [0.4, 0.5) is 4.79 Å². The molecule has 6 nitrogen and oxygen atoms in total. The SMILES string of the molecule is CCN(CC)S(=O)(=O)c1ccc(CNC(=O)NCC2CC2)s1. The van der Waals surface area contributed by atoms with Crippen molar-refractivity contribution in [3.63, 3.8) is 0 Å². The van der Waals surface area contributed by atoms with Crippen LogP contribution in [0.3, 0.4) is 0 Å². The molecule has 8 heteroatoms. The molecule has 1 aromatic rings. The van der Waals surface area contributed by atoms with Crippen molar-refractivity contribution in [2.75, 3.05) is 19.6 Å². The molecule has 1 aliphatic carbocycles. The summed E-state index contributed by atoms with van der Waals surface area (Å²) in [6, 6.07) is 3.16. The van der Waals surface area contributed by atoms with Gasteiger partial charge in [0, 0.05) is 24.5 Å². The molecule has 0 saturated heterocycles. The van der Waals surface area contributed by atoms with Crippen molar-refractivity contribution < 1.29 is 13.2 Å². The smallest absolute Gasteiger partial charge is 0.315 e. The molecule has 124 valence electrons. The van der Waals surface area contributed by atoms with Gasteiger partial charge in [0.05, 0.1) is 6.54 Å². The Balaban J connectivity index is 1.88. The topological polar surface area (TPSA) is 78.5 Å². The van der Waals surface area contributed by atoms with Crippen LogP contribution in [0, 0.1) is 5.92 Å². The lowest BCUT2D eigenvalue weighted by molar-refractivity contribution is 0.240. The van der Waals surface area contributed by atoms with E-state index in [9.17, 15) is 13.2 Å². The molecule has 0 bridgehead atoms. The van der Waals surface area contributed by atoms with Crippen molar-refractivity contribution in [3.8, 4) is 0 Å². The first kappa shape index (κ1) is 17.2. The highest BCUT2D eigenvalue weighted by Gasteiger charge is 2.24. The van der Waals surface area contributed by atoms with Gasteiger partial charge in [-0.3, -0.25) is 0 Å². The van der Waals surface area contributed by atoms with Crippen LogP contribution >= 0.6 is 11.3 Å². The predicted molar refractivity (Wildman–Crippen MR) is 87.4 cm³/mol. The van der Waals surface area contributed by atoms with Gasteiger partial charge in [0.15, 0.2) is 0 Å². The van der Waals surface area contributed by atoms with E-state index in [1.807, 2.05) is 13.8 Å². The number of thiophene rings is 1. The van der Waals surface area contributed by atoms with Crippen molar-refractivity contribution in [2.45, 2.75) is 37.4 Å². The average molecular weight is 345 g/mol. The molecule has 2 N–H and O–H groups in total. The van der Waals surface area contributed by atoms with Crippen LogP contribution in [-0.2, 0) is 16.6 Å². The normalized spacial score (nSPS) is 15.0. The maximum atomic E-state index is 12.4. The zero-order chi connectivity index (χ0) is 16.2. The first-order chi connectivity index (χ1) is 10.5. The highest BCUT2D eigenvalue weighted by atomic mass is 32.2. The van der Waals surface area contributed by atoms with E-state index in [0.717, 1.165) is 11.4 Å². The second-order valence-corrected chi connectivity index (χ2v) is 8.65. The Morgan fingerprint density at radius 1 is 1.27 bits per heavy atom. The van der Waals surface area contributed by atoms with Crippen LogP contribution < -0.4 is 10.6 Å². The number of nitrogens with one attached hydrogen (secondary N) is 2. The summed E-state index contributed by atoms with van der Waals surface area (Å²) < 4.78 is 26.5. The Labute approximate surface area is 135 Å². The van der Waals surface area contributed by atoms with Gasteiger partial charge < -0.3 is 10.6 Å². The van der Waals surface area contributed by atoms with E-state index < -0.39 is 10.0 Å². The molecule has 22 heavy (non-hydrogen) atoms. The number of sulfonamides is 1. The molecule has 1 heterocycles. The van der Waals surface area contributed by atoms with Crippen LogP contribution in [0.15, 0.2) is 16.3 Å². The second kappa shape index (κ2) is 7.43. The van der Waals surface area contributed by atoms with E-state index in [1.54, 1.807) is 12.1 Å². The number of amides is 2. The number of hydrogen-bond acceptors (Lipinski definition) is 4. The minimum absolute atomic E-state index is 0.201. The van der Waals surface area contributed by atoms with Gasteiger partial charge in [-0.2, -0.15) is 4.31 Å². The van der Waals surface area contributed by atoms with Gasteiger partial charge >= 0.3 is 6.03 Å². The highest BCUT2D eigenvalue weighted by molar-refractivity contribution is 7.91. The van der Waals surface area contributed by atoms with Crippen molar-refractivity contribution in [1.29, 1.82) is 0 Å². The molecule has 2 rings (SSSR count). The summed E-state index contributed by atoms with van der Waals surface area (Å²) in [7, 11) is -3.41. The van der Waals surface area contributed by atoms with E-state index >= 15 is 0 Å². The molecule has 0 aliphatic heterocycles. The van der Waals surface area contributed by atoms with Gasteiger partial charge in [-0.15, -0.1) is 11.3 Å². The van der Waals surface area contributed by atoms with Gasteiger partial charge in [0.25, 0.3) is 10.0 Å². The number of rotatable bonds is 8. The van der Waals surface area contributed by atoms with E-state index in [-0.39, 0.29) is 6.03 Å². The first-order valence-corrected chi connectivity index (χ1v) is 9.83. The van der Waals surface area contributed by atoms with Gasteiger partial charge in [-0.05, 0) is 30.9 Å². The molecule has 1 aliphatic rings. The number of carbonyl (C=O) groups is 1. The lowest BCUT2D eigenvalue weighted by atomic mass is 10.4. The second-order valence-electron chi connectivity index (χ2n) is 5.32. The Morgan fingerprint density at radius 2 is 1.95 bits per heavy atom. The fourth-order valence-electron chi connectivity index (χ4n) is 2.07. The summed E-state index contributed by atoms with van der Waals surface area (Å²) in [6.45, 7) is 5.61. The third-order valence-corrected chi connectivity index (χ3v) is 7.21. The Bertz CT molecular complexity index is 605. The molecular weight excluding hydrogens is 322 g/mol. The third-order valence-electron chi connectivity index (χ3n) is 3.61. The Morgan fingerprint density at radius 3 is 2.55 bits per heavy atom. The largest absolute Gasteiger partial charge is 0.338 e.